The van der Waals surface area contributed by atoms with Crippen molar-refractivity contribution >= 4 is 47.7 Å². The predicted octanol–water partition coefficient (Wildman–Crippen LogP) is 3.25. The Hall–Kier alpha value is -4.13. The largest absolute Gasteiger partial charge is 0.468 e. The van der Waals surface area contributed by atoms with Crippen LogP contribution in [-0.2, 0) is 49.7 Å². The Labute approximate surface area is 276 Å². The number of nitrogen functional groups attached to an aromatic ring is 1. The number of nitriles is 1. The fourth-order valence-corrected chi connectivity index (χ4v) is 7.03. The van der Waals surface area contributed by atoms with E-state index in [1.807, 2.05) is 0 Å². The summed E-state index contributed by atoms with van der Waals surface area (Å²) in [6.45, 7) is 3.68. The predicted molar refractivity (Wildman–Crippen MR) is 171 cm³/mol. The fraction of sp³-hybridized carbons (Fsp3) is 0.467. The van der Waals surface area contributed by atoms with Crippen molar-refractivity contribution in [3.05, 3.63) is 54.5 Å². The molecule has 1 aromatic carbocycles. The van der Waals surface area contributed by atoms with Gasteiger partial charge in [-0.15, -0.1) is 0 Å². The second-order valence-electron chi connectivity index (χ2n) is 11.4. The molecule has 252 valence electrons. The quantitative estimate of drug-likeness (QED) is 0.151. The Balaban J connectivity index is 1.81. The number of benzene rings is 1. The van der Waals surface area contributed by atoms with Crippen LogP contribution in [0.25, 0.3) is 5.52 Å². The Morgan fingerprint density at radius 2 is 1.74 bits per heavy atom. The lowest BCUT2D eigenvalue weighted by atomic mass is 9.95. The van der Waals surface area contributed by atoms with Gasteiger partial charge in [-0.25, -0.2) is 14.6 Å². The first kappa shape index (κ1) is 35.7. The fourth-order valence-electron chi connectivity index (χ4n) is 4.62. The van der Waals surface area contributed by atoms with E-state index in [-0.39, 0.29) is 5.82 Å². The van der Waals surface area contributed by atoms with Crippen molar-refractivity contribution in [2.24, 2.45) is 11.8 Å². The summed E-state index contributed by atoms with van der Waals surface area (Å²) in [6.07, 6.45) is -2.84. The summed E-state index contributed by atoms with van der Waals surface area (Å²) in [4.78, 5) is 42.5. The Bertz CT molecular complexity index is 1700. The van der Waals surface area contributed by atoms with Crippen LogP contribution in [0, 0.1) is 23.2 Å². The molecule has 0 saturated carbocycles. The number of nitrogens with one attached hydrogen (secondary N) is 1. The first-order valence-corrected chi connectivity index (χ1v) is 17.3. The second-order valence-corrected chi connectivity index (χ2v) is 14.5. The zero-order valence-electron chi connectivity index (χ0n) is 26.7. The summed E-state index contributed by atoms with van der Waals surface area (Å²) in [7, 11) is 1.22. The molecule has 0 amide bonds. The maximum absolute atomic E-state index is 13.1. The maximum Gasteiger partial charge on any atom is 0.323 e. The molecule has 2 unspecified atom stereocenters. The van der Waals surface area contributed by atoms with Crippen LogP contribution in [0.5, 0.6) is 5.75 Å². The topological polar surface area (TPSA) is 199 Å². The number of esters is 3. The van der Waals surface area contributed by atoms with E-state index in [1.165, 1.54) is 24.9 Å². The lowest BCUT2D eigenvalue weighted by Gasteiger charge is -2.32. The van der Waals surface area contributed by atoms with Crippen molar-refractivity contribution in [1.29, 1.82) is 5.26 Å². The van der Waals surface area contributed by atoms with Gasteiger partial charge in [0.15, 0.2) is 18.0 Å². The molecule has 0 aliphatic carbocycles. The molecule has 6 atom stereocenters. The number of para-hydroxylation sites is 1. The summed E-state index contributed by atoms with van der Waals surface area (Å²) < 4.78 is 36.7. The molecular weight excluding hydrogens is 651 g/mol. The van der Waals surface area contributed by atoms with E-state index >= 15 is 0 Å². The van der Waals surface area contributed by atoms with Gasteiger partial charge in [0, 0.05) is 0 Å². The zero-order valence-corrected chi connectivity index (χ0v) is 28.4. The summed E-state index contributed by atoms with van der Waals surface area (Å²) in [5.74, 6) is -2.68. The van der Waals surface area contributed by atoms with Gasteiger partial charge in [-0.2, -0.15) is 10.4 Å². The standard InChI is InChI=1S/C30H37N6O9PS/c1-17(2)27(37)42-24-23(21-12-13-22-26(32)33-16-34-36(21)22)44-30(14-31,25(24)43-28(38)18(3)4)15-41-46(47,35-19(5)29(39)40-6)45-20-10-8-7-9-11-20/h7-13,16-19,23-25H,15H2,1-6H3,(H,35,47)(H2,32,33,34)/t19?,23-,24-,25-,30+,46?/m0/s1. The maximum atomic E-state index is 13.1. The van der Waals surface area contributed by atoms with Crippen LogP contribution >= 0.6 is 6.64 Å². The zero-order chi connectivity index (χ0) is 34.5. The first-order chi connectivity index (χ1) is 22.2. The van der Waals surface area contributed by atoms with Crippen LogP contribution < -0.4 is 15.3 Å². The van der Waals surface area contributed by atoms with E-state index in [1.54, 1.807) is 70.2 Å². The minimum atomic E-state index is -3.68. The molecular formula is C30H37N6O9PS. The molecule has 15 nitrogen and oxygen atoms in total. The van der Waals surface area contributed by atoms with E-state index in [0.29, 0.717) is 17.0 Å². The lowest BCUT2D eigenvalue weighted by molar-refractivity contribution is -0.173. The number of carbonyl (C=O) groups excluding carboxylic acids is 3. The molecule has 3 heterocycles. The number of methoxy groups -OCH3 is 1. The van der Waals surface area contributed by atoms with Gasteiger partial charge in [0.05, 0.1) is 24.6 Å². The molecule has 3 aromatic rings. The van der Waals surface area contributed by atoms with Crippen molar-refractivity contribution < 1.29 is 42.4 Å². The van der Waals surface area contributed by atoms with Crippen LogP contribution in [0.3, 0.4) is 0 Å². The van der Waals surface area contributed by atoms with E-state index in [4.69, 9.17) is 45.5 Å². The molecule has 2 aromatic heterocycles. The number of hydrogen-bond donors (Lipinski definition) is 2. The monoisotopic (exact) mass is 688 g/mol. The molecule has 3 N–H and O–H groups in total. The third kappa shape index (κ3) is 7.89. The molecule has 0 radical (unpaired) electrons. The summed E-state index contributed by atoms with van der Waals surface area (Å²) in [5, 5.41) is 17.9. The summed E-state index contributed by atoms with van der Waals surface area (Å²) in [5.41, 5.74) is 4.70. The van der Waals surface area contributed by atoms with Gasteiger partial charge in [0.1, 0.15) is 42.4 Å². The van der Waals surface area contributed by atoms with E-state index in [2.05, 4.69) is 21.2 Å². The third-order valence-corrected chi connectivity index (χ3v) is 9.63. The molecule has 1 fully saturated rings. The minimum Gasteiger partial charge on any atom is -0.468 e. The molecule has 47 heavy (non-hydrogen) atoms. The van der Waals surface area contributed by atoms with Gasteiger partial charge in [-0.05, 0) is 43.0 Å². The van der Waals surface area contributed by atoms with Gasteiger partial charge in [-0.1, -0.05) is 45.9 Å². The van der Waals surface area contributed by atoms with Crippen LogP contribution in [-0.4, -0.2) is 70.1 Å². The van der Waals surface area contributed by atoms with Crippen LogP contribution in [0.1, 0.15) is 46.4 Å². The number of hydrogen-bond acceptors (Lipinski definition) is 14. The highest BCUT2D eigenvalue weighted by atomic mass is 32.5. The number of anilines is 1. The molecule has 17 heteroatoms. The van der Waals surface area contributed by atoms with Crippen molar-refractivity contribution in [2.75, 3.05) is 19.5 Å². The number of aromatic nitrogens is 3. The number of nitrogens with two attached hydrogens (primary N) is 1. The SMILES string of the molecule is COC(=O)C(C)NP(=S)(OC[C@@]1(C#N)O[C@@H](c2ccc3c(N)ncnn23)[C@H](OC(=O)C(C)C)[C@@H]1OC(=O)C(C)C)Oc1ccccc1. The molecule has 0 bridgehead atoms. The molecule has 1 saturated heterocycles. The van der Waals surface area contributed by atoms with E-state index in [0.717, 1.165) is 0 Å². The lowest BCUT2D eigenvalue weighted by Crippen LogP contribution is -2.50. The number of nitrogens with zero attached hydrogens (tertiary/aromatic N) is 4. The highest BCUT2D eigenvalue weighted by Gasteiger charge is 2.62. The van der Waals surface area contributed by atoms with Crippen molar-refractivity contribution in [3.63, 3.8) is 0 Å². The highest BCUT2D eigenvalue weighted by molar-refractivity contribution is 8.09. The normalized spacial score (nSPS) is 22.7. The third-order valence-electron chi connectivity index (χ3n) is 7.15. The Kier molecular flexibility index (Phi) is 11.2. The number of carbonyl (C=O) groups is 3. The first-order valence-electron chi connectivity index (χ1n) is 14.7. The van der Waals surface area contributed by atoms with Crippen LogP contribution in [0.15, 0.2) is 48.8 Å². The van der Waals surface area contributed by atoms with Gasteiger partial charge in [0.25, 0.3) is 0 Å². The molecule has 1 aliphatic heterocycles. The van der Waals surface area contributed by atoms with Crippen LogP contribution in [0.4, 0.5) is 5.82 Å². The van der Waals surface area contributed by atoms with Crippen LogP contribution in [0.2, 0.25) is 0 Å². The van der Waals surface area contributed by atoms with E-state index < -0.39 is 72.9 Å². The Morgan fingerprint density at radius 1 is 1.09 bits per heavy atom. The molecule has 4 rings (SSSR count). The van der Waals surface area contributed by atoms with Crippen molar-refractivity contribution in [1.82, 2.24) is 19.7 Å². The smallest absolute Gasteiger partial charge is 0.323 e. The van der Waals surface area contributed by atoms with Gasteiger partial charge < -0.3 is 33.7 Å². The minimum absolute atomic E-state index is 0.169. The highest BCUT2D eigenvalue weighted by Crippen LogP contribution is 2.50. The Morgan fingerprint density at radius 3 is 2.36 bits per heavy atom. The van der Waals surface area contributed by atoms with Gasteiger partial charge in [-0.3, -0.25) is 14.4 Å². The number of fused-ring (bicyclic) bond motifs is 1. The van der Waals surface area contributed by atoms with Crippen molar-refractivity contribution in [2.45, 2.75) is 64.6 Å². The second kappa shape index (κ2) is 14.7. The number of rotatable bonds is 13. The summed E-state index contributed by atoms with van der Waals surface area (Å²) >= 11 is 5.80. The van der Waals surface area contributed by atoms with Gasteiger partial charge >= 0.3 is 24.6 Å². The number of ether oxygens (including phenoxy) is 4. The molecule has 0 spiro atoms. The molecule has 1 aliphatic rings. The average Bonchev–Trinajstić information content (AvgIpc) is 3.60. The summed E-state index contributed by atoms with van der Waals surface area (Å²) in [6, 6.07) is 12.9. The van der Waals surface area contributed by atoms with E-state index in [9.17, 15) is 19.6 Å². The van der Waals surface area contributed by atoms with Crippen molar-refractivity contribution in [3.8, 4) is 11.8 Å². The average molecular weight is 689 g/mol. The van der Waals surface area contributed by atoms with Gasteiger partial charge in [0.2, 0.25) is 5.60 Å².